The molecule has 0 unspecified atom stereocenters. The summed E-state index contributed by atoms with van der Waals surface area (Å²) in [5.41, 5.74) is 1.70. The highest BCUT2D eigenvalue weighted by Crippen LogP contribution is 2.30. The van der Waals surface area contributed by atoms with Gasteiger partial charge < -0.3 is 24.1 Å². The Bertz CT molecular complexity index is 1040. The van der Waals surface area contributed by atoms with E-state index in [1.54, 1.807) is 42.7 Å². The average Bonchev–Trinajstić information content (AvgIpc) is 3.02. The van der Waals surface area contributed by atoms with E-state index >= 15 is 0 Å². The molecule has 1 aromatic heterocycles. The number of allylic oxidation sites excluding steroid dienone is 2. The minimum Gasteiger partial charge on any atom is -0.465 e. The molecule has 2 aromatic rings. The number of ether oxygens (including phenoxy) is 3. The van der Waals surface area contributed by atoms with Gasteiger partial charge in [0.05, 0.1) is 32.5 Å². The number of rotatable bonds is 4. The zero-order valence-electron chi connectivity index (χ0n) is 15.5. The maximum absolute atomic E-state index is 12.5. The zero-order valence-corrected chi connectivity index (χ0v) is 15.5. The second-order valence-corrected chi connectivity index (χ2v) is 5.74. The first-order chi connectivity index (χ1) is 13.5. The molecule has 144 valence electrons. The lowest BCUT2D eigenvalue weighted by molar-refractivity contribution is -0.139. The van der Waals surface area contributed by atoms with Crippen molar-refractivity contribution in [2.24, 2.45) is 0 Å². The van der Waals surface area contributed by atoms with E-state index in [-0.39, 0.29) is 11.3 Å². The number of aromatic amines is 1. The topological polar surface area (TPSA) is 97.9 Å². The number of methoxy groups -OCH3 is 3. The van der Waals surface area contributed by atoms with Gasteiger partial charge in [-0.3, -0.25) is 0 Å². The molecule has 8 heteroatoms. The fourth-order valence-corrected chi connectivity index (χ4v) is 2.91. The first-order valence-electron chi connectivity index (χ1n) is 8.26. The van der Waals surface area contributed by atoms with E-state index in [9.17, 15) is 14.4 Å². The molecule has 1 aromatic carbocycles. The third-order valence-electron chi connectivity index (χ3n) is 4.24. The highest BCUT2D eigenvalue weighted by atomic mass is 16.5. The average molecular weight is 382 g/mol. The zero-order chi connectivity index (χ0) is 20.3. The van der Waals surface area contributed by atoms with Crippen molar-refractivity contribution in [2.75, 3.05) is 26.2 Å². The summed E-state index contributed by atoms with van der Waals surface area (Å²) < 4.78 is 14.4. The van der Waals surface area contributed by atoms with Gasteiger partial charge in [0.15, 0.2) is 0 Å². The maximum Gasteiger partial charge on any atom is 0.355 e. The van der Waals surface area contributed by atoms with Crippen molar-refractivity contribution in [3.8, 4) is 0 Å². The van der Waals surface area contributed by atoms with E-state index in [1.807, 2.05) is 0 Å². The highest BCUT2D eigenvalue weighted by Gasteiger charge is 2.27. The number of nitrogens with zero attached hydrogens (tertiary/aromatic N) is 1. The molecule has 0 spiro atoms. The van der Waals surface area contributed by atoms with Crippen molar-refractivity contribution < 1.29 is 28.6 Å². The van der Waals surface area contributed by atoms with Crippen LogP contribution in [0, 0.1) is 0 Å². The second kappa shape index (κ2) is 7.83. The smallest absolute Gasteiger partial charge is 0.355 e. The summed E-state index contributed by atoms with van der Waals surface area (Å²) in [6.07, 6.45) is 7.97. The predicted octanol–water partition coefficient (Wildman–Crippen LogP) is 2.44. The van der Waals surface area contributed by atoms with Crippen molar-refractivity contribution in [3.05, 3.63) is 65.7 Å². The second-order valence-electron chi connectivity index (χ2n) is 5.74. The minimum atomic E-state index is -0.696. The summed E-state index contributed by atoms with van der Waals surface area (Å²) in [5.74, 6) is -1.82. The summed E-state index contributed by atoms with van der Waals surface area (Å²) in [5, 5.41) is 0.671. The van der Waals surface area contributed by atoms with Crippen molar-refractivity contribution >= 4 is 34.5 Å². The normalized spacial score (nSPS) is 13.5. The molecule has 0 fully saturated rings. The number of fused-ring (bicyclic) bond motifs is 1. The molecule has 0 saturated carbocycles. The summed E-state index contributed by atoms with van der Waals surface area (Å²) >= 11 is 0. The van der Waals surface area contributed by atoms with Gasteiger partial charge in [0, 0.05) is 29.0 Å². The Morgan fingerprint density at radius 1 is 0.929 bits per heavy atom. The minimum absolute atomic E-state index is 0.0125. The van der Waals surface area contributed by atoms with Crippen LogP contribution in [0.4, 0.5) is 5.69 Å². The number of hydrogen-bond donors (Lipinski definition) is 1. The van der Waals surface area contributed by atoms with Gasteiger partial charge in [0.25, 0.3) is 0 Å². The number of carbonyl (C=O) groups excluding carboxylic acids is 3. The number of aromatic nitrogens is 1. The standard InChI is InChI=1S/C20H18N2O6/c1-26-18(23)14-6-4-5-9-22(17(14)20(25)28-3)12-7-8-13-15(19(24)27-2)11-21-16(13)10-12/h4-11,21H,1-3H3. The number of nitrogens with one attached hydrogen (secondary N) is 1. The molecule has 1 N–H and O–H groups in total. The van der Waals surface area contributed by atoms with Gasteiger partial charge in [-0.1, -0.05) is 6.08 Å². The number of esters is 3. The van der Waals surface area contributed by atoms with Crippen molar-refractivity contribution in [1.29, 1.82) is 0 Å². The van der Waals surface area contributed by atoms with Crippen LogP contribution in [0.25, 0.3) is 10.9 Å². The monoisotopic (exact) mass is 382 g/mol. The van der Waals surface area contributed by atoms with Crippen molar-refractivity contribution in [3.63, 3.8) is 0 Å². The van der Waals surface area contributed by atoms with E-state index in [1.165, 1.54) is 32.3 Å². The third kappa shape index (κ3) is 3.27. The first-order valence-corrected chi connectivity index (χ1v) is 8.26. The predicted molar refractivity (Wildman–Crippen MR) is 101 cm³/mol. The molecular weight excluding hydrogens is 364 g/mol. The Kier molecular flexibility index (Phi) is 5.30. The Hall–Kier alpha value is -3.81. The van der Waals surface area contributed by atoms with Gasteiger partial charge in [0.2, 0.25) is 0 Å². The summed E-state index contributed by atoms with van der Waals surface area (Å²) in [7, 11) is 3.78. The highest BCUT2D eigenvalue weighted by molar-refractivity contribution is 6.07. The molecule has 0 aliphatic carbocycles. The van der Waals surface area contributed by atoms with Gasteiger partial charge in [-0.15, -0.1) is 0 Å². The van der Waals surface area contributed by atoms with E-state index in [0.717, 1.165) is 0 Å². The van der Waals surface area contributed by atoms with Crippen molar-refractivity contribution in [1.82, 2.24) is 4.98 Å². The molecule has 1 aliphatic rings. The Morgan fingerprint density at radius 2 is 1.64 bits per heavy atom. The Morgan fingerprint density at radius 3 is 2.32 bits per heavy atom. The molecule has 8 nitrogen and oxygen atoms in total. The number of carbonyl (C=O) groups is 3. The van der Waals surface area contributed by atoms with Crippen LogP contribution in [0.2, 0.25) is 0 Å². The summed E-state index contributed by atoms with van der Waals surface area (Å²) in [6, 6.07) is 5.19. The SMILES string of the molecule is COC(=O)C1=C(C(=O)OC)N(c2ccc3c(C(=O)OC)c[nH]c3c2)C=CC=C1. The van der Waals surface area contributed by atoms with E-state index in [0.29, 0.717) is 22.2 Å². The van der Waals surface area contributed by atoms with Crippen LogP contribution in [-0.2, 0) is 23.8 Å². The van der Waals surface area contributed by atoms with Gasteiger partial charge in [-0.05, 0) is 30.4 Å². The van der Waals surface area contributed by atoms with E-state index in [4.69, 9.17) is 14.2 Å². The number of benzene rings is 1. The fraction of sp³-hybridized carbons (Fsp3) is 0.150. The van der Waals surface area contributed by atoms with Crippen LogP contribution < -0.4 is 4.90 Å². The molecule has 2 heterocycles. The maximum atomic E-state index is 12.5. The molecule has 0 bridgehead atoms. The molecule has 0 saturated heterocycles. The Balaban J connectivity index is 2.15. The van der Waals surface area contributed by atoms with Gasteiger partial charge in [-0.2, -0.15) is 0 Å². The number of anilines is 1. The third-order valence-corrected chi connectivity index (χ3v) is 4.24. The molecule has 0 radical (unpaired) electrons. The van der Waals surface area contributed by atoms with Crippen molar-refractivity contribution in [2.45, 2.75) is 0 Å². The van der Waals surface area contributed by atoms with Crippen LogP contribution in [-0.4, -0.2) is 44.2 Å². The van der Waals surface area contributed by atoms with Crippen LogP contribution in [0.3, 0.4) is 0 Å². The van der Waals surface area contributed by atoms with Crippen LogP contribution >= 0.6 is 0 Å². The summed E-state index contributed by atoms with van der Waals surface area (Å²) in [6.45, 7) is 0. The first kappa shape index (κ1) is 19.0. The largest absolute Gasteiger partial charge is 0.465 e. The number of H-pyrrole nitrogens is 1. The van der Waals surface area contributed by atoms with E-state index in [2.05, 4.69) is 4.98 Å². The molecule has 0 atom stereocenters. The molecule has 3 rings (SSSR count). The lowest BCUT2D eigenvalue weighted by Gasteiger charge is -2.23. The van der Waals surface area contributed by atoms with Gasteiger partial charge in [-0.25, -0.2) is 14.4 Å². The summed E-state index contributed by atoms with van der Waals surface area (Å²) in [4.78, 5) is 41.1. The van der Waals surface area contributed by atoms with Crippen LogP contribution in [0.15, 0.2) is 60.1 Å². The lowest BCUT2D eigenvalue weighted by Crippen LogP contribution is -2.26. The van der Waals surface area contributed by atoms with Gasteiger partial charge in [0.1, 0.15) is 5.70 Å². The Labute approximate surface area is 160 Å². The van der Waals surface area contributed by atoms with Crippen LogP contribution in [0.5, 0.6) is 0 Å². The molecule has 0 amide bonds. The molecule has 1 aliphatic heterocycles. The molecular formula is C20H18N2O6. The molecule has 28 heavy (non-hydrogen) atoms. The quantitative estimate of drug-likeness (QED) is 0.641. The fourth-order valence-electron chi connectivity index (χ4n) is 2.91. The van der Waals surface area contributed by atoms with Crippen LogP contribution in [0.1, 0.15) is 10.4 Å². The van der Waals surface area contributed by atoms with E-state index < -0.39 is 17.9 Å². The number of hydrogen-bond acceptors (Lipinski definition) is 7. The van der Waals surface area contributed by atoms with Gasteiger partial charge >= 0.3 is 17.9 Å². The lowest BCUT2D eigenvalue weighted by atomic mass is 10.1.